The van der Waals surface area contributed by atoms with Crippen molar-refractivity contribution in [2.75, 3.05) is 13.2 Å². The number of halogens is 2. The first kappa shape index (κ1) is 25.9. The molecule has 0 aliphatic carbocycles. The van der Waals surface area contributed by atoms with Crippen LogP contribution in [0.4, 0.5) is 0 Å². The summed E-state index contributed by atoms with van der Waals surface area (Å²) in [5.41, 5.74) is 2.15. The summed E-state index contributed by atoms with van der Waals surface area (Å²) < 4.78 is 14.3. The Hall–Kier alpha value is -2.19. The van der Waals surface area contributed by atoms with Crippen molar-refractivity contribution < 1.29 is 19.4 Å². The lowest BCUT2D eigenvalue weighted by Gasteiger charge is -2.24. The fourth-order valence-corrected chi connectivity index (χ4v) is 6.70. The van der Waals surface area contributed by atoms with Crippen molar-refractivity contribution in [1.82, 2.24) is 4.57 Å². The summed E-state index contributed by atoms with van der Waals surface area (Å²) >= 11 is 5.39. The fraction of sp³-hybridized carbons (Fsp3) is 0.240. The van der Waals surface area contributed by atoms with Crippen LogP contribution in [0.15, 0.2) is 57.5 Å². The molecule has 0 saturated carbocycles. The van der Waals surface area contributed by atoms with Crippen LogP contribution in [-0.2, 0) is 9.53 Å². The van der Waals surface area contributed by atoms with Crippen LogP contribution in [0.3, 0.4) is 0 Å². The maximum atomic E-state index is 13.7. The minimum absolute atomic E-state index is 0.216. The summed E-state index contributed by atoms with van der Waals surface area (Å²) in [5, 5.41) is 10.1. The number of aromatic hydroxyl groups is 1. The van der Waals surface area contributed by atoms with Gasteiger partial charge in [-0.05, 0) is 107 Å². The quantitative estimate of drug-likeness (QED) is 0.307. The summed E-state index contributed by atoms with van der Waals surface area (Å²) in [6.07, 6.45) is 1.78. The molecule has 1 N–H and O–H groups in total. The van der Waals surface area contributed by atoms with Gasteiger partial charge in [0.25, 0.3) is 5.56 Å². The largest absolute Gasteiger partial charge is 0.506 e. The van der Waals surface area contributed by atoms with E-state index < -0.39 is 12.0 Å². The molecule has 3 aromatic rings. The molecule has 7 nitrogen and oxygen atoms in total. The SMILES string of the molecule is CCOC(=O)C1=C(C)N=c2sc(=Cc3cc(I)c(O)c(I)c3)c(=O)n2[C@@H]1c1ccc(OCC)cc1. The number of benzene rings is 2. The molecule has 1 aliphatic rings. The minimum atomic E-state index is -0.678. The summed E-state index contributed by atoms with van der Waals surface area (Å²) in [4.78, 5) is 31.8. The Morgan fingerprint density at radius 3 is 2.43 bits per heavy atom. The standard InChI is InChI=1S/C25H22I2N2O5S/c1-4-33-16-8-6-15(7-9-16)21-20(24(32)34-5-2)13(3)28-25-29(21)23(31)19(35-25)12-14-10-17(26)22(30)18(27)11-14/h6-12,21,30H,4-5H2,1-3H3/t21-/m1/s1. The van der Waals surface area contributed by atoms with Crippen molar-refractivity contribution in [1.29, 1.82) is 0 Å². The van der Waals surface area contributed by atoms with Crippen LogP contribution in [-0.4, -0.2) is 28.9 Å². The number of carbonyl (C=O) groups is 1. The monoisotopic (exact) mass is 716 g/mol. The van der Waals surface area contributed by atoms with Crippen molar-refractivity contribution >= 4 is 68.6 Å². The van der Waals surface area contributed by atoms with Crippen LogP contribution < -0.4 is 19.6 Å². The van der Waals surface area contributed by atoms with Crippen molar-refractivity contribution in [2.24, 2.45) is 4.99 Å². The Labute approximate surface area is 233 Å². The van der Waals surface area contributed by atoms with Crippen LogP contribution in [0, 0.1) is 7.14 Å². The molecule has 1 atom stereocenters. The molecule has 0 fully saturated rings. The van der Waals surface area contributed by atoms with Crippen molar-refractivity contribution in [2.45, 2.75) is 26.8 Å². The van der Waals surface area contributed by atoms with Crippen LogP contribution in [0.2, 0.25) is 0 Å². The molecule has 4 rings (SSSR count). The molecule has 0 amide bonds. The predicted octanol–water partition coefficient (Wildman–Crippen LogP) is 4.11. The lowest BCUT2D eigenvalue weighted by atomic mass is 9.96. The summed E-state index contributed by atoms with van der Waals surface area (Å²) in [6.45, 7) is 6.17. The average molecular weight is 716 g/mol. The topological polar surface area (TPSA) is 90.1 Å². The zero-order valence-corrected chi connectivity index (χ0v) is 24.3. The molecule has 0 bridgehead atoms. The van der Waals surface area contributed by atoms with Gasteiger partial charge in [-0.1, -0.05) is 23.5 Å². The van der Waals surface area contributed by atoms with Crippen molar-refractivity contribution in [3.05, 3.63) is 85.6 Å². The normalized spacial score (nSPS) is 15.6. The molecule has 0 radical (unpaired) electrons. The van der Waals surface area contributed by atoms with Gasteiger partial charge in [0, 0.05) is 0 Å². The second kappa shape index (κ2) is 10.8. The summed E-state index contributed by atoms with van der Waals surface area (Å²) in [5.74, 6) is 0.429. The predicted molar refractivity (Wildman–Crippen MR) is 152 cm³/mol. The number of rotatable bonds is 6. The Balaban J connectivity index is 1.92. The number of esters is 1. The lowest BCUT2D eigenvalue weighted by Crippen LogP contribution is -2.39. The Bertz CT molecular complexity index is 1480. The Morgan fingerprint density at radius 2 is 1.83 bits per heavy atom. The van der Waals surface area contributed by atoms with E-state index in [2.05, 4.69) is 50.2 Å². The van der Waals surface area contributed by atoms with Gasteiger partial charge in [-0.25, -0.2) is 9.79 Å². The van der Waals surface area contributed by atoms with E-state index in [9.17, 15) is 14.7 Å². The molecule has 0 spiro atoms. The second-order valence-electron chi connectivity index (χ2n) is 7.64. The molecule has 1 aliphatic heterocycles. The number of ether oxygens (including phenoxy) is 2. The smallest absolute Gasteiger partial charge is 0.338 e. The minimum Gasteiger partial charge on any atom is -0.506 e. The van der Waals surface area contributed by atoms with E-state index in [1.54, 1.807) is 24.5 Å². The van der Waals surface area contributed by atoms with Crippen LogP contribution in [0.1, 0.15) is 37.9 Å². The molecule has 10 heteroatoms. The second-order valence-corrected chi connectivity index (χ2v) is 11.0. The molecular formula is C25H22I2N2O5S. The summed E-state index contributed by atoms with van der Waals surface area (Å²) in [6, 6.07) is 10.3. The zero-order chi connectivity index (χ0) is 25.3. The van der Waals surface area contributed by atoms with E-state index >= 15 is 0 Å². The van der Waals surface area contributed by atoms with E-state index in [4.69, 9.17) is 9.47 Å². The van der Waals surface area contributed by atoms with Gasteiger partial charge in [0.1, 0.15) is 11.5 Å². The first-order valence-corrected chi connectivity index (χ1v) is 13.8. The van der Waals surface area contributed by atoms with Gasteiger partial charge < -0.3 is 14.6 Å². The molecule has 2 heterocycles. The number of carbonyl (C=O) groups excluding carboxylic acids is 1. The van der Waals surface area contributed by atoms with E-state index in [-0.39, 0.29) is 17.9 Å². The highest BCUT2D eigenvalue weighted by Crippen LogP contribution is 2.32. The zero-order valence-electron chi connectivity index (χ0n) is 19.2. The highest BCUT2D eigenvalue weighted by atomic mass is 127. The van der Waals surface area contributed by atoms with Gasteiger partial charge in [-0.15, -0.1) is 0 Å². The first-order chi connectivity index (χ1) is 16.7. The average Bonchev–Trinajstić information content (AvgIpc) is 3.11. The van der Waals surface area contributed by atoms with E-state index in [1.807, 2.05) is 43.3 Å². The fourth-order valence-electron chi connectivity index (χ4n) is 3.84. The number of hydrogen-bond acceptors (Lipinski definition) is 7. The van der Waals surface area contributed by atoms with Crippen LogP contribution >= 0.6 is 56.5 Å². The third-order valence-electron chi connectivity index (χ3n) is 5.36. The molecule has 2 aromatic carbocycles. The molecule has 35 heavy (non-hydrogen) atoms. The Morgan fingerprint density at radius 1 is 1.17 bits per heavy atom. The van der Waals surface area contributed by atoms with E-state index in [1.165, 1.54) is 11.3 Å². The Kier molecular flexibility index (Phi) is 8.01. The maximum Gasteiger partial charge on any atom is 0.338 e. The maximum absolute atomic E-state index is 13.7. The van der Waals surface area contributed by atoms with Gasteiger partial charge in [0.15, 0.2) is 4.80 Å². The van der Waals surface area contributed by atoms with E-state index in [0.29, 0.717) is 40.1 Å². The van der Waals surface area contributed by atoms with Gasteiger partial charge in [0.05, 0.1) is 42.2 Å². The first-order valence-electron chi connectivity index (χ1n) is 10.9. The number of nitrogens with zero attached hydrogens (tertiary/aromatic N) is 2. The molecule has 0 unspecified atom stereocenters. The van der Waals surface area contributed by atoms with Gasteiger partial charge >= 0.3 is 5.97 Å². The molecular weight excluding hydrogens is 694 g/mol. The van der Waals surface area contributed by atoms with Gasteiger partial charge in [0.2, 0.25) is 0 Å². The third kappa shape index (κ3) is 5.19. The number of thiazole rings is 1. The molecule has 182 valence electrons. The number of phenols is 1. The van der Waals surface area contributed by atoms with Crippen LogP contribution in [0.25, 0.3) is 6.08 Å². The van der Waals surface area contributed by atoms with Crippen molar-refractivity contribution in [3.8, 4) is 11.5 Å². The number of aromatic nitrogens is 1. The van der Waals surface area contributed by atoms with Crippen molar-refractivity contribution in [3.63, 3.8) is 0 Å². The highest BCUT2D eigenvalue weighted by Gasteiger charge is 2.33. The number of fused-ring (bicyclic) bond motifs is 1. The summed E-state index contributed by atoms with van der Waals surface area (Å²) in [7, 11) is 0. The van der Waals surface area contributed by atoms with Gasteiger partial charge in [-0.3, -0.25) is 9.36 Å². The van der Waals surface area contributed by atoms with Crippen LogP contribution in [0.5, 0.6) is 11.5 Å². The van der Waals surface area contributed by atoms with E-state index in [0.717, 1.165) is 11.1 Å². The highest BCUT2D eigenvalue weighted by molar-refractivity contribution is 14.1. The van der Waals surface area contributed by atoms with Gasteiger partial charge in [-0.2, -0.15) is 0 Å². The lowest BCUT2D eigenvalue weighted by molar-refractivity contribution is -0.139. The number of allylic oxidation sites excluding steroid dienone is 1. The number of phenolic OH excluding ortho intramolecular Hbond substituents is 1. The third-order valence-corrected chi connectivity index (χ3v) is 7.99. The number of hydrogen-bond donors (Lipinski definition) is 1. The molecule has 1 aromatic heterocycles. The molecule has 0 saturated heterocycles.